The number of aryl methyl sites for hydroxylation is 2. The van der Waals surface area contributed by atoms with E-state index in [2.05, 4.69) is 47.7 Å². The summed E-state index contributed by atoms with van der Waals surface area (Å²) in [6.45, 7) is 7.40. The van der Waals surface area contributed by atoms with Gasteiger partial charge in [-0.25, -0.2) is 0 Å². The van der Waals surface area contributed by atoms with Crippen molar-refractivity contribution in [2.45, 2.75) is 38.7 Å². The van der Waals surface area contributed by atoms with Crippen molar-refractivity contribution in [3.63, 3.8) is 0 Å². The number of nitrogens with zero attached hydrogens (tertiary/aromatic N) is 1. The molecular formula is C19H32IN3O2. The smallest absolute Gasteiger partial charge is 0.191 e. The van der Waals surface area contributed by atoms with Gasteiger partial charge in [0, 0.05) is 53.3 Å². The number of halogens is 1. The Morgan fingerprint density at radius 1 is 1.16 bits per heavy atom. The van der Waals surface area contributed by atoms with Crippen molar-refractivity contribution in [1.82, 2.24) is 10.6 Å². The molecule has 0 radical (unpaired) electrons. The highest BCUT2D eigenvalue weighted by atomic mass is 127. The van der Waals surface area contributed by atoms with Crippen molar-refractivity contribution in [2.24, 2.45) is 4.99 Å². The van der Waals surface area contributed by atoms with Gasteiger partial charge in [-0.15, -0.1) is 24.0 Å². The van der Waals surface area contributed by atoms with Crippen LogP contribution in [0.3, 0.4) is 0 Å². The van der Waals surface area contributed by atoms with Crippen LogP contribution in [0.1, 0.15) is 29.5 Å². The third-order valence-electron chi connectivity index (χ3n) is 4.63. The quantitative estimate of drug-likeness (QED) is 0.389. The van der Waals surface area contributed by atoms with Gasteiger partial charge in [0.15, 0.2) is 5.96 Å². The van der Waals surface area contributed by atoms with Gasteiger partial charge >= 0.3 is 0 Å². The Morgan fingerprint density at radius 3 is 2.36 bits per heavy atom. The van der Waals surface area contributed by atoms with Crippen molar-refractivity contribution in [3.8, 4) is 0 Å². The molecule has 2 N–H and O–H groups in total. The fraction of sp³-hybridized carbons (Fsp3) is 0.632. The molecule has 0 aromatic heterocycles. The van der Waals surface area contributed by atoms with Crippen molar-refractivity contribution in [2.75, 3.05) is 40.5 Å². The van der Waals surface area contributed by atoms with Crippen LogP contribution in [0.5, 0.6) is 0 Å². The molecule has 1 aliphatic rings. The van der Waals surface area contributed by atoms with Gasteiger partial charge in [0.25, 0.3) is 0 Å². The lowest BCUT2D eigenvalue weighted by Gasteiger charge is -2.36. The number of methoxy groups -OCH3 is 1. The average molecular weight is 461 g/mol. The topological polar surface area (TPSA) is 54.9 Å². The number of ether oxygens (including phenoxy) is 2. The number of hydrogen-bond donors (Lipinski definition) is 2. The van der Waals surface area contributed by atoms with Crippen LogP contribution in [-0.4, -0.2) is 52.0 Å². The maximum atomic E-state index is 5.75. The lowest BCUT2D eigenvalue weighted by Crippen LogP contribution is -2.51. The Kier molecular flexibility index (Phi) is 9.74. The van der Waals surface area contributed by atoms with Gasteiger partial charge in [-0.1, -0.05) is 29.3 Å². The van der Waals surface area contributed by atoms with Crippen LogP contribution < -0.4 is 10.6 Å². The largest absolute Gasteiger partial charge is 0.381 e. The number of rotatable bonds is 6. The maximum absolute atomic E-state index is 5.75. The molecule has 25 heavy (non-hydrogen) atoms. The van der Waals surface area contributed by atoms with Crippen molar-refractivity contribution in [1.29, 1.82) is 0 Å². The predicted octanol–water partition coefficient (Wildman–Crippen LogP) is 2.82. The zero-order valence-corrected chi connectivity index (χ0v) is 18.2. The van der Waals surface area contributed by atoms with Gasteiger partial charge in [0.1, 0.15) is 0 Å². The van der Waals surface area contributed by atoms with Gasteiger partial charge < -0.3 is 20.1 Å². The van der Waals surface area contributed by atoms with E-state index in [1.807, 2.05) is 0 Å². The average Bonchev–Trinajstić information content (AvgIpc) is 2.58. The van der Waals surface area contributed by atoms with Crippen LogP contribution in [0.15, 0.2) is 23.2 Å². The molecule has 0 aliphatic carbocycles. The summed E-state index contributed by atoms with van der Waals surface area (Å²) in [5.41, 5.74) is 3.83. The molecule has 5 nitrogen and oxygen atoms in total. The molecule has 1 aromatic carbocycles. The summed E-state index contributed by atoms with van der Waals surface area (Å²) >= 11 is 0. The standard InChI is InChI=1S/C19H31N3O2.HI/c1-15-11-16(2)13-17(12-15)5-8-21-18(20-3)22-14-19(23-4)6-9-24-10-7-19;/h11-13H,5-10,14H2,1-4H3,(H2,20,21,22);1H. The van der Waals surface area contributed by atoms with Crippen molar-refractivity contribution < 1.29 is 9.47 Å². The number of benzene rings is 1. The third kappa shape index (κ3) is 7.11. The summed E-state index contributed by atoms with van der Waals surface area (Å²) in [6.07, 6.45) is 2.80. The fourth-order valence-electron chi connectivity index (χ4n) is 3.20. The SMILES string of the molecule is CN=C(NCCc1cc(C)cc(C)c1)NCC1(OC)CCOCC1.I. The predicted molar refractivity (Wildman–Crippen MR) is 114 cm³/mol. The zero-order valence-electron chi connectivity index (χ0n) is 15.9. The van der Waals surface area contributed by atoms with E-state index in [0.29, 0.717) is 0 Å². The first kappa shape index (κ1) is 22.2. The highest BCUT2D eigenvalue weighted by Gasteiger charge is 2.32. The second-order valence-electron chi connectivity index (χ2n) is 6.60. The van der Waals surface area contributed by atoms with Crippen LogP contribution in [-0.2, 0) is 15.9 Å². The first-order valence-electron chi connectivity index (χ1n) is 8.71. The lowest BCUT2D eigenvalue weighted by atomic mass is 9.94. The van der Waals surface area contributed by atoms with Crippen LogP contribution in [0.25, 0.3) is 0 Å². The molecule has 0 amide bonds. The Morgan fingerprint density at radius 2 is 1.80 bits per heavy atom. The summed E-state index contributed by atoms with van der Waals surface area (Å²) < 4.78 is 11.2. The zero-order chi connectivity index (χ0) is 17.4. The number of nitrogens with one attached hydrogen (secondary N) is 2. The Labute approximate surface area is 169 Å². The maximum Gasteiger partial charge on any atom is 0.191 e. The minimum absolute atomic E-state index is 0. The molecule has 1 aliphatic heterocycles. The second kappa shape index (κ2) is 11.0. The molecule has 0 unspecified atom stereocenters. The van der Waals surface area contributed by atoms with E-state index in [9.17, 15) is 0 Å². The molecular weight excluding hydrogens is 429 g/mol. The molecule has 1 fully saturated rings. The molecule has 0 spiro atoms. The monoisotopic (exact) mass is 461 g/mol. The number of guanidine groups is 1. The van der Waals surface area contributed by atoms with Gasteiger partial charge in [-0.05, 0) is 25.8 Å². The highest BCUT2D eigenvalue weighted by Crippen LogP contribution is 2.23. The van der Waals surface area contributed by atoms with E-state index in [0.717, 1.165) is 51.5 Å². The molecule has 1 heterocycles. The molecule has 2 rings (SSSR count). The van der Waals surface area contributed by atoms with E-state index in [1.54, 1.807) is 14.2 Å². The van der Waals surface area contributed by atoms with Crippen molar-refractivity contribution in [3.05, 3.63) is 34.9 Å². The first-order chi connectivity index (χ1) is 11.6. The third-order valence-corrected chi connectivity index (χ3v) is 4.63. The molecule has 142 valence electrons. The van der Waals surface area contributed by atoms with E-state index in [1.165, 1.54) is 16.7 Å². The van der Waals surface area contributed by atoms with Crippen molar-refractivity contribution >= 4 is 29.9 Å². The minimum Gasteiger partial charge on any atom is -0.381 e. The summed E-state index contributed by atoms with van der Waals surface area (Å²) in [5, 5.41) is 6.79. The number of aliphatic imine (C=N–C) groups is 1. The first-order valence-corrected chi connectivity index (χ1v) is 8.71. The summed E-state index contributed by atoms with van der Waals surface area (Å²) in [5.74, 6) is 0.822. The van der Waals surface area contributed by atoms with E-state index in [-0.39, 0.29) is 29.6 Å². The molecule has 0 bridgehead atoms. The van der Waals surface area contributed by atoms with Crippen LogP contribution >= 0.6 is 24.0 Å². The van der Waals surface area contributed by atoms with Crippen LogP contribution in [0, 0.1) is 13.8 Å². The fourth-order valence-corrected chi connectivity index (χ4v) is 3.20. The Hall–Kier alpha value is -0.860. The molecule has 0 atom stereocenters. The minimum atomic E-state index is -0.149. The summed E-state index contributed by atoms with van der Waals surface area (Å²) in [6, 6.07) is 6.69. The second-order valence-corrected chi connectivity index (χ2v) is 6.60. The van der Waals surface area contributed by atoms with E-state index >= 15 is 0 Å². The molecule has 0 saturated carbocycles. The van der Waals surface area contributed by atoms with E-state index in [4.69, 9.17) is 9.47 Å². The normalized spacial score (nSPS) is 16.9. The van der Waals surface area contributed by atoms with Gasteiger partial charge in [-0.3, -0.25) is 4.99 Å². The summed E-state index contributed by atoms with van der Waals surface area (Å²) in [7, 11) is 3.58. The Balaban J connectivity index is 0.00000312. The highest BCUT2D eigenvalue weighted by molar-refractivity contribution is 14.0. The number of hydrogen-bond acceptors (Lipinski definition) is 3. The Bertz CT molecular complexity index is 537. The summed E-state index contributed by atoms with van der Waals surface area (Å²) in [4.78, 5) is 4.31. The van der Waals surface area contributed by atoms with E-state index < -0.39 is 0 Å². The van der Waals surface area contributed by atoms with Gasteiger partial charge in [0.05, 0.1) is 5.60 Å². The van der Waals surface area contributed by atoms with Gasteiger partial charge in [0.2, 0.25) is 0 Å². The molecule has 6 heteroatoms. The molecule has 1 aromatic rings. The van der Waals surface area contributed by atoms with Crippen LogP contribution in [0.2, 0.25) is 0 Å². The van der Waals surface area contributed by atoms with Gasteiger partial charge in [-0.2, -0.15) is 0 Å². The lowest BCUT2D eigenvalue weighted by molar-refractivity contribution is -0.0855. The molecule has 1 saturated heterocycles. The van der Waals surface area contributed by atoms with Crippen LogP contribution in [0.4, 0.5) is 0 Å².